The number of ether oxygens (including phenoxy) is 1. The minimum atomic E-state index is -0.130. The lowest BCUT2D eigenvalue weighted by atomic mass is 9.82. The Morgan fingerprint density at radius 3 is 2.76 bits per heavy atom. The van der Waals surface area contributed by atoms with Crippen molar-refractivity contribution in [2.45, 2.75) is 50.2 Å². The van der Waals surface area contributed by atoms with Crippen molar-refractivity contribution in [3.05, 3.63) is 41.0 Å². The van der Waals surface area contributed by atoms with E-state index in [1.165, 1.54) is 19.3 Å². The van der Waals surface area contributed by atoms with Gasteiger partial charge in [-0.05, 0) is 37.5 Å². The van der Waals surface area contributed by atoms with Gasteiger partial charge in [0.05, 0.1) is 23.9 Å². The van der Waals surface area contributed by atoms with Crippen molar-refractivity contribution in [1.29, 1.82) is 0 Å². The zero-order valence-corrected chi connectivity index (χ0v) is 14.8. The molecule has 6 heteroatoms. The second kappa shape index (κ2) is 6.81. The van der Waals surface area contributed by atoms with Gasteiger partial charge >= 0.3 is 0 Å². The van der Waals surface area contributed by atoms with Crippen LogP contribution in [0.3, 0.4) is 0 Å². The van der Waals surface area contributed by atoms with Gasteiger partial charge in [-0.3, -0.25) is 9.89 Å². The zero-order valence-electron chi connectivity index (χ0n) is 14.1. The van der Waals surface area contributed by atoms with Crippen LogP contribution >= 0.6 is 11.6 Å². The number of amides is 1. The van der Waals surface area contributed by atoms with E-state index in [9.17, 15) is 4.79 Å². The number of aromatic nitrogens is 2. The molecule has 0 radical (unpaired) electrons. The first-order valence-corrected chi connectivity index (χ1v) is 9.28. The fraction of sp³-hybridized carbons (Fsp3) is 0.474. The van der Waals surface area contributed by atoms with Crippen molar-refractivity contribution >= 4 is 17.5 Å². The van der Waals surface area contributed by atoms with Gasteiger partial charge in [-0.25, -0.2) is 0 Å². The van der Waals surface area contributed by atoms with Crippen LogP contribution in [0.4, 0.5) is 0 Å². The number of benzene rings is 1. The molecule has 1 saturated carbocycles. The molecule has 2 N–H and O–H groups in total. The van der Waals surface area contributed by atoms with E-state index >= 15 is 0 Å². The lowest BCUT2D eigenvalue weighted by Gasteiger charge is -2.32. The van der Waals surface area contributed by atoms with E-state index in [-0.39, 0.29) is 17.6 Å². The maximum Gasteiger partial charge on any atom is 0.269 e. The summed E-state index contributed by atoms with van der Waals surface area (Å²) in [4.78, 5) is 12.5. The zero-order chi connectivity index (χ0) is 17.3. The number of nitrogens with one attached hydrogen (secondary N) is 2. The largest absolute Gasteiger partial charge is 0.373 e. The Kier molecular flexibility index (Phi) is 4.52. The third kappa shape index (κ3) is 3.58. The van der Waals surface area contributed by atoms with Crippen molar-refractivity contribution in [3.8, 4) is 11.3 Å². The number of aromatic amines is 1. The molecule has 1 saturated heterocycles. The van der Waals surface area contributed by atoms with E-state index in [1.54, 1.807) is 6.07 Å². The molecule has 4 rings (SSSR count). The molecular formula is C19H22ClN3O2. The Morgan fingerprint density at radius 2 is 2.00 bits per heavy atom. The minimum absolute atomic E-state index is 0.00134. The van der Waals surface area contributed by atoms with Gasteiger partial charge in [-0.15, -0.1) is 0 Å². The molecule has 2 fully saturated rings. The molecule has 132 valence electrons. The van der Waals surface area contributed by atoms with Crippen LogP contribution in [-0.2, 0) is 4.74 Å². The number of hydrogen-bond donors (Lipinski definition) is 2. The highest BCUT2D eigenvalue weighted by Gasteiger charge is 2.41. The van der Waals surface area contributed by atoms with Gasteiger partial charge in [-0.1, -0.05) is 43.0 Å². The molecule has 25 heavy (non-hydrogen) atoms. The maximum atomic E-state index is 12.5. The Hall–Kier alpha value is -1.85. The summed E-state index contributed by atoms with van der Waals surface area (Å²) in [5, 5.41) is 10.8. The van der Waals surface area contributed by atoms with E-state index in [1.807, 2.05) is 24.3 Å². The summed E-state index contributed by atoms with van der Waals surface area (Å²) >= 11 is 5.91. The quantitative estimate of drug-likeness (QED) is 0.871. The highest BCUT2D eigenvalue weighted by Crippen LogP contribution is 2.39. The molecule has 5 nitrogen and oxygen atoms in total. The van der Waals surface area contributed by atoms with Gasteiger partial charge in [-0.2, -0.15) is 5.10 Å². The molecule has 1 atom stereocenters. The summed E-state index contributed by atoms with van der Waals surface area (Å²) < 4.78 is 6.06. The fourth-order valence-corrected chi connectivity index (χ4v) is 4.08. The van der Waals surface area contributed by atoms with E-state index in [4.69, 9.17) is 16.3 Å². The molecular weight excluding hydrogens is 338 g/mol. The molecule has 1 unspecified atom stereocenters. The normalized spacial score (nSPS) is 22.2. The Morgan fingerprint density at radius 1 is 1.24 bits per heavy atom. The van der Waals surface area contributed by atoms with Crippen molar-refractivity contribution in [2.75, 3.05) is 6.61 Å². The fourth-order valence-electron chi connectivity index (χ4n) is 3.95. The molecule has 1 aromatic carbocycles. The van der Waals surface area contributed by atoms with Crippen molar-refractivity contribution in [2.24, 2.45) is 0 Å². The van der Waals surface area contributed by atoms with Gasteiger partial charge < -0.3 is 10.1 Å². The summed E-state index contributed by atoms with van der Waals surface area (Å²) in [7, 11) is 0. The Labute approximate surface area is 152 Å². The first-order valence-electron chi connectivity index (χ1n) is 8.90. The third-order valence-corrected chi connectivity index (χ3v) is 5.52. The van der Waals surface area contributed by atoms with E-state index in [0.29, 0.717) is 17.3 Å². The Balaban J connectivity index is 1.39. The molecule has 1 aliphatic carbocycles. The average Bonchev–Trinajstić information content (AvgIpc) is 3.25. The number of H-pyrrole nitrogens is 1. The predicted octanol–water partition coefficient (Wildman–Crippen LogP) is 3.95. The van der Waals surface area contributed by atoms with Gasteiger partial charge in [0.2, 0.25) is 0 Å². The van der Waals surface area contributed by atoms with Crippen LogP contribution in [0.15, 0.2) is 30.3 Å². The van der Waals surface area contributed by atoms with Crippen LogP contribution in [0, 0.1) is 0 Å². The number of hydrogen-bond acceptors (Lipinski definition) is 3. The lowest BCUT2D eigenvalue weighted by Crippen LogP contribution is -2.37. The smallest absolute Gasteiger partial charge is 0.269 e. The second-order valence-corrected chi connectivity index (χ2v) is 7.54. The summed E-state index contributed by atoms with van der Waals surface area (Å²) in [5.74, 6) is -0.130. The van der Waals surface area contributed by atoms with Gasteiger partial charge in [0.1, 0.15) is 5.69 Å². The summed E-state index contributed by atoms with van der Waals surface area (Å²) in [6, 6.07) is 9.24. The highest BCUT2D eigenvalue weighted by atomic mass is 35.5. The van der Waals surface area contributed by atoms with E-state index in [0.717, 1.165) is 30.5 Å². The number of nitrogens with zero attached hydrogens (tertiary/aromatic N) is 1. The molecule has 1 aliphatic heterocycles. The number of carbonyl (C=O) groups excluding carboxylic acids is 1. The first kappa shape index (κ1) is 16.6. The topological polar surface area (TPSA) is 67.0 Å². The van der Waals surface area contributed by atoms with E-state index in [2.05, 4.69) is 15.5 Å². The summed E-state index contributed by atoms with van der Waals surface area (Å²) in [6.45, 7) is 0.601. The molecule has 1 amide bonds. The third-order valence-electron chi connectivity index (χ3n) is 5.27. The molecule has 2 aliphatic rings. The summed E-state index contributed by atoms with van der Waals surface area (Å²) in [6.07, 6.45) is 6.90. The van der Waals surface area contributed by atoms with Gasteiger partial charge in [0, 0.05) is 10.6 Å². The van der Waals surface area contributed by atoms with Crippen molar-refractivity contribution in [3.63, 3.8) is 0 Å². The molecule has 2 aromatic rings. The molecule has 1 spiro atoms. The van der Waals surface area contributed by atoms with Crippen LogP contribution < -0.4 is 5.32 Å². The number of rotatable bonds is 3. The van der Waals surface area contributed by atoms with Crippen LogP contribution in [0.25, 0.3) is 11.3 Å². The van der Waals surface area contributed by atoms with Crippen LogP contribution in [0.1, 0.15) is 49.0 Å². The van der Waals surface area contributed by atoms with E-state index < -0.39 is 0 Å². The SMILES string of the molecule is O=C(NC1COC2(CCCCC2)C1)c1cc(-c2ccc(Cl)cc2)n[nH]1. The van der Waals surface area contributed by atoms with Gasteiger partial charge in [0.15, 0.2) is 0 Å². The molecule has 2 heterocycles. The van der Waals surface area contributed by atoms with Gasteiger partial charge in [0.25, 0.3) is 5.91 Å². The predicted molar refractivity (Wildman–Crippen MR) is 96.7 cm³/mol. The highest BCUT2D eigenvalue weighted by molar-refractivity contribution is 6.30. The van der Waals surface area contributed by atoms with Crippen molar-refractivity contribution in [1.82, 2.24) is 15.5 Å². The van der Waals surface area contributed by atoms with Crippen LogP contribution in [0.2, 0.25) is 5.02 Å². The molecule has 1 aromatic heterocycles. The first-order chi connectivity index (χ1) is 12.1. The summed E-state index contributed by atoms with van der Waals surface area (Å²) in [5.41, 5.74) is 2.12. The monoisotopic (exact) mass is 359 g/mol. The average molecular weight is 360 g/mol. The molecule has 0 bridgehead atoms. The standard InChI is InChI=1S/C19H22ClN3O2/c20-14-6-4-13(5-7-14)16-10-17(23-22-16)18(24)21-15-11-19(25-12-15)8-2-1-3-9-19/h4-7,10,15H,1-3,8-9,11-12H2,(H,21,24)(H,22,23). The maximum absolute atomic E-state index is 12.5. The lowest BCUT2D eigenvalue weighted by molar-refractivity contribution is -0.0246. The van der Waals surface area contributed by atoms with Crippen molar-refractivity contribution < 1.29 is 9.53 Å². The van der Waals surface area contributed by atoms with Crippen LogP contribution in [0.5, 0.6) is 0 Å². The number of carbonyl (C=O) groups is 1. The second-order valence-electron chi connectivity index (χ2n) is 7.10. The van der Waals surface area contributed by atoms with Crippen LogP contribution in [-0.4, -0.2) is 34.4 Å². The Bertz CT molecular complexity index is 750. The minimum Gasteiger partial charge on any atom is -0.373 e. The number of halogens is 1.